The minimum absolute atomic E-state index is 0.124. The summed E-state index contributed by atoms with van der Waals surface area (Å²) in [6.07, 6.45) is 2.65. The summed E-state index contributed by atoms with van der Waals surface area (Å²) in [4.78, 5) is 22.1. The van der Waals surface area contributed by atoms with Crippen molar-refractivity contribution in [1.82, 2.24) is 5.32 Å². The first-order chi connectivity index (χ1) is 9.67. The molecule has 0 saturated carbocycles. The summed E-state index contributed by atoms with van der Waals surface area (Å²) in [5, 5.41) is 2.55. The molecule has 0 bridgehead atoms. The van der Waals surface area contributed by atoms with Gasteiger partial charge in [0.2, 0.25) is 0 Å². The molecule has 0 radical (unpaired) electrons. The number of carbonyl (C=O) groups excluding carboxylic acids is 2. The molecule has 1 rings (SSSR count). The van der Waals surface area contributed by atoms with Crippen LogP contribution < -0.4 is 10.1 Å². The van der Waals surface area contributed by atoms with Crippen LogP contribution in [-0.4, -0.2) is 32.1 Å². The lowest BCUT2D eigenvalue weighted by Crippen LogP contribution is -2.17. The van der Waals surface area contributed by atoms with Gasteiger partial charge in [-0.3, -0.25) is 4.79 Å². The summed E-state index contributed by atoms with van der Waals surface area (Å²) in [5.41, 5.74) is 0.594. The van der Waals surface area contributed by atoms with Gasteiger partial charge >= 0.3 is 5.97 Å². The number of esters is 1. The molecule has 1 aromatic carbocycles. The fourth-order valence-corrected chi connectivity index (χ4v) is 1.47. The average molecular weight is 277 g/mol. The molecule has 0 heterocycles. The molecule has 20 heavy (non-hydrogen) atoms. The Balaban J connectivity index is 2.20. The smallest absolute Gasteiger partial charge is 0.330 e. The Bertz CT molecular complexity index is 453. The highest BCUT2D eigenvalue weighted by Gasteiger charge is 2.02. The highest BCUT2D eigenvalue weighted by molar-refractivity contribution is 5.94. The largest absolute Gasteiger partial charge is 0.494 e. The Morgan fingerprint density at radius 3 is 2.45 bits per heavy atom. The first kappa shape index (κ1) is 15.8. The third kappa shape index (κ3) is 5.56. The standard InChI is InChI=1S/C15H19NO4/c1-3-14(17)20-11-5-4-10-19-13-8-6-12(7-9-13)15(18)16-2/h3,6-9H,1,4-5,10-11H2,2H3,(H,16,18). The average Bonchev–Trinajstić information content (AvgIpc) is 2.50. The van der Waals surface area contributed by atoms with Crippen LogP contribution in [-0.2, 0) is 9.53 Å². The van der Waals surface area contributed by atoms with Crippen molar-refractivity contribution in [2.75, 3.05) is 20.3 Å². The molecular weight excluding hydrogens is 258 g/mol. The molecule has 108 valence electrons. The van der Waals surface area contributed by atoms with Gasteiger partial charge in [0.1, 0.15) is 5.75 Å². The maximum atomic E-state index is 11.3. The van der Waals surface area contributed by atoms with Crippen LogP contribution in [0.5, 0.6) is 5.75 Å². The summed E-state index contributed by atoms with van der Waals surface area (Å²) < 4.78 is 10.4. The predicted molar refractivity (Wildman–Crippen MR) is 75.7 cm³/mol. The van der Waals surface area contributed by atoms with Crippen LogP contribution in [0.1, 0.15) is 23.2 Å². The fraction of sp³-hybridized carbons (Fsp3) is 0.333. The van der Waals surface area contributed by atoms with E-state index in [2.05, 4.69) is 11.9 Å². The molecule has 0 aliphatic carbocycles. The van der Waals surface area contributed by atoms with E-state index >= 15 is 0 Å². The zero-order valence-electron chi connectivity index (χ0n) is 11.6. The van der Waals surface area contributed by atoms with Gasteiger partial charge in [-0.15, -0.1) is 0 Å². The van der Waals surface area contributed by atoms with Crippen molar-refractivity contribution in [2.45, 2.75) is 12.8 Å². The summed E-state index contributed by atoms with van der Waals surface area (Å²) in [7, 11) is 1.59. The number of hydrogen-bond donors (Lipinski definition) is 1. The molecule has 0 fully saturated rings. The van der Waals surface area contributed by atoms with E-state index in [4.69, 9.17) is 9.47 Å². The Morgan fingerprint density at radius 2 is 1.85 bits per heavy atom. The minimum atomic E-state index is -0.407. The molecule has 1 aromatic rings. The van der Waals surface area contributed by atoms with Crippen LogP contribution >= 0.6 is 0 Å². The Morgan fingerprint density at radius 1 is 1.20 bits per heavy atom. The van der Waals surface area contributed by atoms with Crippen LogP contribution in [0.2, 0.25) is 0 Å². The van der Waals surface area contributed by atoms with E-state index in [1.165, 1.54) is 0 Å². The van der Waals surface area contributed by atoms with Gasteiger partial charge in [0.15, 0.2) is 0 Å². The number of carbonyl (C=O) groups is 2. The van der Waals surface area contributed by atoms with Gasteiger partial charge in [-0.25, -0.2) is 4.79 Å². The topological polar surface area (TPSA) is 64.6 Å². The number of benzene rings is 1. The first-order valence-electron chi connectivity index (χ1n) is 6.41. The van der Waals surface area contributed by atoms with Gasteiger partial charge in [-0.1, -0.05) is 6.58 Å². The first-order valence-corrected chi connectivity index (χ1v) is 6.41. The molecule has 5 heteroatoms. The minimum Gasteiger partial charge on any atom is -0.494 e. The third-order valence-corrected chi connectivity index (χ3v) is 2.56. The van der Waals surface area contributed by atoms with E-state index in [0.29, 0.717) is 24.5 Å². The van der Waals surface area contributed by atoms with Gasteiger partial charge < -0.3 is 14.8 Å². The Kier molecular flexibility index (Phi) is 6.89. The van der Waals surface area contributed by atoms with Crippen molar-refractivity contribution in [3.05, 3.63) is 42.5 Å². The molecule has 1 amide bonds. The van der Waals surface area contributed by atoms with Crippen LogP contribution in [0.3, 0.4) is 0 Å². The molecule has 0 aromatic heterocycles. The summed E-state index contributed by atoms with van der Waals surface area (Å²) in [6, 6.07) is 6.92. The number of ether oxygens (including phenoxy) is 2. The molecule has 0 aliphatic heterocycles. The lowest BCUT2D eigenvalue weighted by atomic mass is 10.2. The second-order valence-corrected chi connectivity index (χ2v) is 4.03. The van der Waals surface area contributed by atoms with Crippen molar-refractivity contribution >= 4 is 11.9 Å². The van der Waals surface area contributed by atoms with Crippen molar-refractivity contribution < 1.29 is 19.1 Å². The maximum absolute atomic E-state index is 11.3. The van der Waals surface area contributed by atoms with Crippen LogP contribution in [0, 0.1) is 0 Å². The molecule has 0 atom stereocenters. The zero-order valence-corrected chi connectivity index (χ0v) is 11.6. The van der Waals surface area contributed by atoms with Crippen LogP contribution in [0.15, 0.2) is 36.9 Å². The van der Waals surface area contributed by atoms with E-state index < -0.39 is 5.97 Å². The molecule has 0 spiro atoms. The Labute approximate surface area is 118 Å². The Hall–Kier alpha value is -2.30. The predicted octanol–water partition coefficient (Wildman–Crippen LogP) is 1.93. The third-order valence-electron chi connectivity index (χ3n) is 2.56. The summed E-state index contributed by atoms with van der Waals surface area (Å²) >= 11 is 0. The summed E-state index contributed by atoms with van der Waals surface area (Å²) in [6.45, 7) is 4.21. The van der Waals surface area contributed by atoms with Gasteiger partial charge in [0.05, 0.1) is 13.2 Å². The van der Waals surface area contributed by atoms with E-state index in [9.17, 15) is 9.59 Å². The van der Waals surface area contributed by atoms with E-state index in [1.54, 1.807) is 31.3 Å². The van der Waals surface area contributed by atoms with Crippen LogP contribution in [0.25, 0.3) is 0 Å². The highest BCUT2D eigenvalue weighted by Crippen LogP contribution is 2.12. The fourth-order valence-electron chi connectivity index (χ4n) is 1.47. The number of rotatable bonds is 8. The maximum Gasteiger partial charge on any atom is 0.330 e. The molecule has 1 N–H and O–H groups in total. The lowest BCUT2D eigenvalue weighted by molar-refractivity contribution is -0.137. The number of nitrogens with one attached hydrogen (secondary N) is 1. The van der Waals surface area contributed by atoms with Gasteiger partial charge in [0, 0.05) is 18.7 Å². The number of amides is 1. The lowest BCUT2D eigenvalue weighted by Gasteiger charge is -2.07. The normalized spacial score (nSPS) is 9.65. The molecule has 5 nitrogen and oxygen atoms in total. The van der Waals surface area contributed by atoms with Gasteiger partial charge in [-0.2, -0.15) is 0 Å². The van der Waals surface area contributed by atoms with E-state index in [-0.39, 0.29) is 5.91 Å². The SMILES string of the molecule is C=CC(=O)OCCCCOc1ccc(C(=O)NC)cc1. The van der Waals surface area contributed by atoms with Crippen molar-refractivity contribution in [3.63, 3.8) is 0 Å². The molecule has 0 saturated heterocycles. The number of hydrogen-bond acceptors (Lipinski definition) is 4. The molecular formula is C15H19NO4. The van der Waals surface area contributed by atoms with E-state index in [0.717, 1.165) is 18.9 Å². The monoisotopic (exact) mass is 277 g/mol. The van der Waals surface area contributed by atoms with Crippen molar-refractivity contribution in [3.8, 4) is 5.75 Å². The second kappa shape index (κ2) is 8.74. The van der Waals surface area contributed by atoms with E-state index in [1.807, 2.05) is 0 Å². The quantitative estimate of drug-likeness (QED) is 0.448. The number of unbranched alkanes of at least 4 members (excludes halogenated alkanes) is 1. The van der Waals surface area contributed by atoms with Crippen molar-refractivity contribution in [2.24, 2.45) is 0 Å². The van der Waals surface area contributed by atoms with Crippen LogP contribution in [0.4, 0.5) is 0 Å². The van der Waals surface area contributed by atoms with Gasteiger partial charge in [0.25, 0.3) is 5.91 Å². The summed E-state index contributed by atoms with van der Waals surface area (Å²) in [5.74, 6) is 0.178. The highest BCUT2D eigenvalue weighted by atomic mass is 16.5. The second-order valence-electron chi connectivity index (χ2n) is 4.03. The molecule has 0 aliphatic rings. The van der Waals surface area contributed by atoms with Gasteiger partial charge in [-0.05, 0) is 37.1 Å². The zero-order chi connectivity index (χ0) is 14.8. The van der Waals surface area contributed by atoms with Crippen molar-refractivity contribution in [1.29, 1.82) is 0 Å². The molecule has 0 unspecified atom stereocenters.